The van der Waals surface area contributed by atoms with E-state index >= 15 is 0 Å². The fraction of sp³-hybridized carbons (Fsp3) is 0.465. The maximum atomic E-state index is 6.77. The maximum absolute atomic E-state index is 6.77. The molecule has 0 radical (unpaired) electrons. The summed E-state index contributed by atoms with van der Waals surface area (Å²) in [6.07, 6.45) is 25.1. The number of hydrogen-bond donors (Lipinski definition) is 0. The second kappa shape index (κ2) is 11.4. The second-order valence-electron chi connectivity index (χ2n) is 16.4. The highest BCUT2D eigenvalue weighted by atomic mass is 16.5. The van der Waals surface area contributed by atoms with Crippen LogP contribution in [0.5, 0.6) is 11.5 Å². The minimum absolute atomic E-state index is 0.0723. The lowest BCUT2D eigenvalue weighted by Crippen LogP contribution is -2.45. The SMILES string of the molecule is CC(C)(C)C1=CC(=CC=CC=CC2=c3cc4c5c(c3OC(C(C)(C)C)=C2)CCC[N+]=5CCC4)c2cc3c4c(c2O1)CCCN4CCC3. The quantitative estimate of drug-likeness (QED) is 0.257. The number of rotatable bonds is 3. The molecule has 0 saturated carbocycles. The van der Waals surface area contributed by atoms with E-state index in [1.54, 1.807) is 0 Å². The summed E-state index contributed by atoms with van der Waals surface area (Å²) in [4.78, 5) is 2.61. The molecule has 0 aromatic heterocycles. The molecule has 0 bridgehead atoms. The Hall–Kier alpha value is -3.79. The van der Waals surface area contributed by atoms with E-state index in [0.717, 1.165) is 48.7 Å². The van der Waals surface area contributed by atoms with Gasteiger partial charge < -0.3 is 14.4 Å². The molecule has 6 aliphatic rings. The number of allylic oxidation sites excluding steroid dienone is 10. The van der Waals surface area contributed by atoms with E-state index in [9.17, 15) is 0 Å². The molecule has 8 rings (SSSR count). The van der Waals surface area contributed by atoms with E-state index in [0.29, 0.717) is 0 Å². The monoisotopic (exact) mass is 627 g/mol. The third-order valence-electron chi connectivity index (χ3n) is 10.8. The Morgan fingerprint density at radius 2 is 1.38 bits per heavy atom. The van der Waals surface area contributed by atoms with Crippen LogP contribution in [0.15, 0.2) is 66.2 Å². The van der Waals surface area contributed by atoms with E-state index in [1.807, 2.05) is 0 Å². The van der Waals surface area contributed by atoms with Gasteiger partial charge in [0, 0.05) is 64.4 Å². The van der Waals surface area contributed by atoms with Gasteiger partial charge in [0.05, 0.1) is 5.56 Å². The standard InChI is InChI=1S/C43H51N2O2/c1-42(2,3)36-26-28(34-24-30-16-10-20-44-22-12-18-32(38(30)44)40(34)46-36)14-8-7-9-15-29-27-37(43(4,5)6)47-41-33-19-13-23-45-21-11-17-31(39(33)45)25-35(29)41/h7-9,14-15,24-27H,10-13,16-23H2,1-6H3/q+1. The Kier molecular flexibility index (Phi) is 7.42. The first-order chi connectivity index (χ1) is 22.6. The Balaban J connectivity index is 1.19. The Morgan fingerprint density at radius 3 is 2.17 bits per heavy atom. The van der Waals surface area contributed by atoms with Gasteiger partial charge in [-0.3, -0.25) is 0 Å². The van der Waals surface area contributed by atoms with Crippen molar-refractivity contribution in [2.75, 3.05) is 31.1 Å². The average molecular weight is 628 g/mol. The molecule has 4 nitrogen and oxygen atoms in total. The highest BCUT2D eigenvalue weighted by molar-refractivity contribution is 5.86. The summed E-state index contributed by atoms with van der Waals surface area (Å²) in [6.45, 7) is 18.2. The number of benzene rings is 2. The Labute approximate surface area is 281 Å². The molecule has 0 atom stereocenters. The van der Waals surface area contributed by atoms with Gasteiger partial charge in [-0.2, -0.15) is 0 Å². The molecule has 2 aromatic carbocycles. The van der Waals surface area contributed by atoms with Crippen molar-refractivity contribution >= 4 is 16.8 Å². The molecule has 244 valence electrons. The molecule has 0 aliphatic carbocycles. The van der Waals surface area contributed by atoms with Crippen LogP contribution in [0.25, 0.3) is 11.1 Å². The molecule has 0 N–H and O–H groups in total. The molecule has 0 fully saturated rings. The van der Waals surface area contributed by atoms with Crippen molar-refractivity contribution in [3.63, 3.8) is 0 Å². The highest BCUT2D eigenvalue weighted by Crippen LogP contribution is 2.49. The van der Waals surface area contributed by atoms with Gasteiger partial charge in [-0.1, -0.05) is 71.9 Å². The number of fused-ring (bicyclic) bond motifs is 4. The van der Waals surface area contributed by atoms with Gasteiger partial charge in [0.1, 0.15) is 36.1 Å². The molecule has 0 spiro atoms. The van der Waals surface area contributed by atoms with E-state index in [1.165, 1.54) is 107 Å². The fourth-order valence-electron chi connectivity index (χ4n) is 8.44. The number of anilines is 1. The van der Waals surface area contributed by atoms with Crippen LogP contribution in [0, 0.1) is 10.8 Å². The summed E-state index contributed by atoms with van der Waals surface area (Å²) in [5.74, 6) is 4.28. The van der Waals surface area contributed by atoms with Gasteiger partial charge in [0.25, 0.3) is 0 Å². The topological polar surface area (TPSA) is 24.7 Å². The first kappa shape index (κ1) is 30.5. The van der Waals surface area contributed by atoms with Crippen molar-refractivity contribution < 1.29 is 9.47 Å². The number of aryl methyl sites for hydroxylation is 2. The van der Waals surface area contributed by atoms with Crippen molar-refractivity contribution in [2.24, 2.45) is 10.8 Å². The molecule has 0 amide bonds. The van der Waals surface area contributed by atoms with Crippen LogP contribution in [0.3, 0.4) is 0 Å². The predicted molar refractivity (Wildman–Crippen MR) is 195 cm³/mol. The highest BCUT2D eigenvalue weighted by Gasteiger charge is 2.34. The molecule has 6 aliphatic heterocycles. The lowest BCUT2D eigenvalue weighted by molar-refractivity contribution is 0.286. The first-order valence-corrected chi connectivity index (χ1v) is 18.2. The van der Waals surface area contributed by atoms with Crippen LogP contribution in [0.2, 0.25) is 0 Å². The van der Waals surface area contributed by atoms with Gasteiger partial charge >= 0.3 is 0 Å². The molecule has 47 heavy (non-hydrogen) atoms. The predicted octanol–water partition coefficient (Wildman–Crippen LogP) is 7.76. The third-order valence-corrected chi connectivity index (χ3v) is 10.8. The summed E-state index contributed by atoms with van der Waals surface area (Å²) in [6, 6.07) is 4.86. The van der Waals surface area contributed by atoms with Crippen molar-refractivity contribution in [2.45, 2.75) is 92.9 Å². The number of hydrogen-bond acceptors (Lipinski definition) is 3. The molecule has 2 aromatic rings. The summed E-state index contributed by atoms with van der Waals surface area (Å²) < 4.78 is 16.2. The molecular weight excluding hydrogens is 576 g/mol. The first-order valence-electron chi connectivity index (χ1n) is 18.2. The van der Waals surface area contributed by atoms with Crippen molar-refractivity contribution in [3.8, 4) is 11.5 Å². The van der Waals surface area contributed by atoms with Gasteiger partial charge in [0.2, 0.25) is 5.36 Å². The van der Waals surface area contributed by atoms with E-state index < -0.39 is 0 Å². The Morgan fingerprint density at radius 1 is 0.702 bits per heavy atom. The zero-order chi connectivity index (χ0) is 32.5. The van der Waals surface area contributed by atoms with Crippen molar-refractivity contribution in [3.05, 3.63) is 105 Å². The van der Waals surface area contributed by atoms with Gasteiger partial charge in [-0.05, 0) is 79.5 Å². The Bertz CT molecular complexity index is 1950. The zero-order valence-electron chi connectivity index (χ0n) is 29.4. The second-order valence-corrected chi connectivity index (χ2v) is 16.4. The van der Waals surface area contributed by atoms with Gasteiger partial charge in [-0.15, -0.1) is 0 Å². The smallest absolute Gasteiger partial charge is 0.210 e. The maximum Gasteiger partial charge on any atom is 0.210 e. The fourth-order valence-corrected chi connectivity index (χ4v) is 8.44. The molecule has 0 unspecified atom stereocenters. The van der Waals surface area contributed by atoms with Crippen molar-refractivity contribution in [1.29, 1.82) is 0 Å². The average Bonchev–Trinajstić information content (AvgIpc) is 3.04. The van der Waals surface area contributed by atoms with E-state index in [-0.39, 0.29) is 10.8 Å². The van der Waals surface area contributed by atoms with Gasteiger partial charge in [-0.25, -0.2) is 4.58 Å². The normalized spacial score (nSPS) is 21.1. The summed E-state index contributed by atoms with van der Waals surface area (Å²) in [7, 11) is 0. The van der Waals surface area contributed by atoms with Crippen LogP contribution in [-0.4, -0.2) is 26.2 Å². The minimum atomic E-state index is -0.0723. The van der Waals surface area contributed by atoms with Crippen LogP contribution < -0.4 is 29.5 Å². The van der Waals surface area contributed by atoms with E-state index in [4.69, 9.17) is 9.47 Å². The van der Waals surface area contributed by atoms with Crippen LogP contribution in [-0.2, 0) is 25.7 Å². The summed E-state index contributed by atoms with van der Waals surface area (Å²) in [5.41, 5.74) is 10.9. The summed E-state index contributed by atoms with van der Waals surface area (Å²) >= 11 is 0. The minimum Gasteiger partial charge on any atom is -0.460 e. The zero-order valence-corrected chi connectivity index (χ0v) is 29.4. The summed E-state index contributed by atoms with van der Waals surface area (Å²) in [5, 5.41) is 2.72. The lowest BCUT2D eigenvalue weighted by atomic mass is 9.84. The number of nitrogens with zero attached hydrogens (tertiary/aromatic N) is 2. The molecule has 6 heterocycles. The number of ether oxygens (including phenoxy) is 2. The molecular formula is C43H51N2O2+. The molecule has 0 saturated heterocycles. The lowest BCUT2D eigenvalue weighted by Gasteiger charge is -2.40. The van der Waals surface area contributed by atoms with E-state index in [2.05, 4.69) is 106 Å². The van der Waals surface area contributed by atoms with Gasteiger partial charge in [0.15, 0.2) is 0 Å². The molecule has 4 heteroatoms. The largest absolute Gasteiger partial charge is 0.460 e. The van der Waals surface area contributed by atoms with Crippen LogP contribution in [0.1, 0.15) is 95.0 Å². The van der Waals surface area contributed by atoms with Crippen molar-refractivity contribution in [1.82, 2.24) is 4.58 Å². The van der Waals surface area contributed by atoms with Crippen LogP contribution in [0.4, 0.5) is 5.69 Å². The third kappa shape index (κ3) is 5.42. The van der Waals surface area contributed by atoms with Crippen LogP contribution >= 0.6 is 0 Å².